The molecule has 0 radical (unpaired) electrons. The summed E-state index contributed by atoms with van der Waals surface area (Å²) in [5.74, 6) is 0.969. The number of rotatable bonds is 9. The zero-order chi connectivity index (χ0) is 23.4. The molecule has 4 rings (SSSR count). The lowest BCUT2D eigenvalue weighted by Gasteiger charge is -2.16. The maximum absolute atomic E-state index is 12.0. The number of nitrogens with two attached hydrogens (primary N) is 1. The van der Waals surface area contributed by atoms with Crippen molar-refractivity contribution >= 4 is 22.9 Å². The predicted octanol–water partition coefficient (Wildman–Crippen LogP) is 0.949. The van der Waals surface area contributed by atoms with Crippen LogP contribution in [0.25, 0.3) is 11.2 Å². The second-order valence-corrected chi connectivity index (χ2v) is 7.88. The van der Waals surface area contributed by atoms with Gasteiger partial charge in [-0.25, -0.2) is 15.0 Å². The lowest BCUT2D eigenvalue weighted by molar-refractivity contribution is -0.134. The van der Waals surface area contributed by atoms with Crippen molar-refractivity contribution in [1.82, 2.24) is 24.8 Å². The highest BCUT2D eigenvalue weighted by atomic mass is 16.5. The van der Waals surface area contributed by atoms with Gasteiger partial charge in [-0.05, 0) is 24.1 Å². The van der Waals surface area contributed by atoms with Gasteiger partial charge in [-0.3, -0.25) is 9.36 Å². The van der Waals surface area contributed by atoms with Crippen LogP contribution < -0.4 is 21.1 Å². The first-order chi connectivity index (χ1) is 16.0. The Balaban J connectivity index is 1.50. The number of benzene rings is 1. The Bertz CT molecular complexity index is 1110. The average Bonchev–Trinajstić information content (AvgIpc) is 3.39. The Morgan fingerprint density at radius 3 is 2.97 bits per heavy atom. The number of aliphatic hydroxyl groups excluding tert-OH is 1. The van der Waals surface area contributed by atoms with E-state index in [-0.39, 0.29) is 0 Å². The molecule has 1 aliphatic rings. The van der Waals surface area contributed by atoms with Gasteiger partial charge < -0.3 is 30.9 Å². The van der Waals surface area contributed by atoms with E-state index in [0.717, 1.165) is 24.2 Å². The number of aromatic nitrogens is 4. The molecular formula is C22H29N7O4. The standard InChI is InChI=1S/C22H29N7O4/c1-3-4-8-32-14-7-5-6-13(9-14)10-25-19-16-20(27-11-26-19)29(12-28-16)22-17(30)15(23)18(33-22)21(31)24-2/h5-7,9,11-12,15,17-18,22,30H,3-4,8,10,23H2,1-2H3,(H,24,31)(H,25,26,27)/t15-,17+,18-,22+/m0/s1. The molecule has 1 aromatic carbocycles. The average molecular weight is 456 g/mol. The first kappa shape index (κ1) is 22.9. The number of amides is 1. The molecule has 0 bridgehead atoms. The number of fused-ring (bicyclic) bond motifs is 1. The molecule has 11 heteroatoms. The fourth-order valence-corrected chi connectivity index (χ4v) is 3.73. The number of unbranched alkanes of at least 4 members (excludes halogenated alkanes) is 1. The van der Waals surface area contributed by atoms with E-state index in [4.69, 9.17) is 15.2 Å². The van der Waals surface area contributed by atoms with E-state index in [1.807, 2.05) is 24.3 Å². The molecule has 0 saturated carbocycles. The first-order valence-electron chi connectivity index (χ1n) is 11.0. The highest BCUT2D eigenvalue weighted by molar-refractivity contribution is 5.83. The molecule has 11 nitrogen and oxygen atoms in total. The molecule has 1 amide bonds. The van der Waals surface area contributed by atoms with Gasteiger partial charge in [-0.1, -0.05) is 25.5 Å². The third-order valence-electron chi connectivity index (χ3n) is 5.58. The van der Waals surface area contributed by atoms with E-state index >= 15 is 0 Å². The predicted molar refractivity (Wildman–Crippen MR) is 121 cm³/mol. The van der Waals surface area contributed by atoms with Crippen LogP contribution in [0.1, 0.15) is 31.6 Å². The van der Waals surface area contributed by atoms with Crippen LogP contribution in [0.2, 0.25) is 0 Å². The Morgan fingerprint density at radius 2 is 2.18 bits per heavy atom. The Labute approximate surface area is 191 Å². The minimum absolute atomic E-state index is 0.397. The number of aliphatic hydroxyl groups is 1. The molecule has 1 saturated heterocycles. The van der Waals surface area contributed by atoms with E-state index in [1.54, 1.807) is 4.57 Å². The highest BCUT2D eigenvalue weighted by Crippen LogP contribution is 2.31. The molecule has 33 heavy (non-hydrogen) atoms. The number of imidazole rings is 1. The number of carbonyl (C=O) groups is 1. The molecule has 176 valence electrons. The number of anilines is 1. The molecule has 3 aromatic rings. The fraction of sp³-hybridized carbons (Fsp3) is 0.455. The summed E-state index contributed by atoms with van der Waals surface area (Å²) in [5, 5.41) is 16.4. The molecular weight excluding hydrogens is 426 g/mol. The lowest BCUT2D eigenvalue weighted by Crippen LogP contribution is -2.46. The van der Waals surface area contributed by atoms with Crippen molar-refractivity contribution in [3.05, 3.63) is 42.5 Å². The zero-order valence-electron chi connectivity index (χ0n) is 18.6. The van der Waals surface area contributed by atoms with Crippen LogP contribution in [-0.4, -0.2) is 62.4 Å². The summed E-state index contributed by atoms with van der Waals surface area (Å²) in [5.41, 5.74) is 8.01. The molecule has 4 atom stereocenters. The van der Waals surface area contributed by atoms with Crippen LogP contribution in [0.15, 0.2) is 36.9 Å². The zero-order valence-corrected chi connectivity index (χ0v) is 18.6. The van der Waals surface area contributed by atoms with Crippen molar-refractivity contribution < 1.29 is 19.4 Å². The quantitative estimate of drug-likeness (QED) is 0.346. The van der Waals surface area contributed by atoms with Gasteiger partial charge in [-0.15, -0.1) is 0 Å². The largest absolute Gasteiger partial charge is 0.494 e. The third kappa shape index (κ3) is 4.75. The number of hydrogen-bond acceptors (Lipinski definition) is 9. The summed E-state index contributed by atoms with van der Waals surface area (Å²) in [7, 11) is 1.49. The van der Waals surface area contributed by atoms with Gasteiger partial charge in [0.15, 0.2) is 29.3 Å². The van der Waals surface area contributed by atoms with Gasteiger partial charge in [-0.2, -0.15) is 0 Å². The van der Waals surface area contributed by atoms with Crippen molar-refractivity contribution in [2.45, 2.75) is 50.8 Å². The minimum Gasteiger partial charge on any atom is -0.494 e. The van der Waals surface area contributed by atoms with E-state index < -0.39 is 30.4 Å². The van der Waals surface area contributed by atoms with E-state index in [1.165, 1.54) is 19.7 Å². The summed E-state index contributed by atoms with van der Waals surface area (Å²) in [6, 6.07) is 7.00. The van der Waals surface area contributed by atoms with Crippen LogP contribution in [0.4, 0.5) is 5.82 Å². The highest BCUT2D eigenvalue weighted by Gasteiger charge is 2.46. The Kier molecular flexibility index (Phi) is 7.02. The number of likely N-dealkylation sites (N-methyl/N-ethyl adjacent to an activating group) is 1. The van der Waals surface area contributed by atoms with Crippen molar-refractivity contribution in [3.63, 3.8) is 0 Å². The molecule has 5 N–H and O–H groups in total. The Hall–Kier alpha value is -3.28. The fourth-order valence-electron chi connectivity index (χ4n) is 3.73. The first-order valence-corrected chi connectivity index (χ1v) is 11.0. The van der Waals surface area contributed by atoms with Gasteiger partial charge in [0.2, 0.25) is 0 Å². The van der Waals surface area contributed by atoms with Gasteiger partial charge >= 0.3 is 0 Å². The number of nitrogens with zero attached hydrogens (tertiary/aromatic N) is 4. The molecule has 1 aliphatic heterocycles. The summed E-state index contributed by atoms with van der Waals surface area (Å²) in [6.45, 7) is 3.33. The van der Waals surface area contributed by atoms with Crippen molar-refractivity contribution in [1.29, 1.82) is 0 Å². The van der Waals surface area contributed by atoms with Gasteiger partial charge in [0.05, 0.1) is 19.0 Å². The summed E-state index contributed by atoms with van der Waals surface area (Å²) >= 11 is 0. The molecule has 0 spiro atoms. The summed E-state index contributed by atoms with van der Waals surface area (Å²) < 4.78 is 13.1. The monoisotopic (exact) mass is 455 g/mol. The molecule has 1 fully saturated rings. The topological polar surface area (TPSA) is 149 Å². The van der Waals surface area contributed by atoms with Crippen LogP contribution >= 0.6 is 0 Å². The number of ether oxygens (including phenoxy) is 2. The van der Waals surface area contributed by atoms with Crippen molar-refractivity contribution in [2.24, 2.45) is 5.73 Å². The van der Waals surface area contributed by atoms with Crippen LogP contribution in [0.5, 0.6) is 5.75 Å². The van der Waals surface area contributed by atoms with Crippen LogP contribution in [-0.2, 0) is 16.1 Å². The number of nitrogens with one attached hydrogen (secondary N) is 2. The van der Waals surface area contributed by atoms with E-state index in [2.05, 4.69) is 32.5 Å². The van der Waals surface area contributed by atoms with Gasteiger partial charge in [0, 0.05) is 13.6 Å². The van der Waals surface area contributed by atoms with Crippen LogP contribution in [0, 0.1) is 0 Å². The molecule has 3 heterocycles. The maximum atomic E-state index is 12.0. The second kappa shape index (κ2) is 10.1. The van der Waals surface area contributed by atoms with Gasteiger partial charge in [0.25, 0.3) is 5.91 Å². The summed E-state index contributed by atoms with van der Waals surface area (Å²) in [4.78, 5) is 25.1. The summed E-state index contributed by atoms with van der Waals surface area (Å²) in [6.07, 6.45) is 2.03. The minimum atomic E-state index is -1.11. The molecule has 0 unspecified atom stereocenters. The van der Waals surface area contributed by atoms with E-state index in [0.29, 0.717) is 30.1 Å². The molecule has 2 aromatic heterocycles. The third-order valence-corrected chi connectivity index (χ3v) is 5.58. The molecule has 0 aliphatic carbocycles. The lowest BCUT2D eigenvalue weighted by atomic mass is 10.1. The van der Waals surface area contributed by atoms with Gasteiger partial charge in [0.1, 0.15) is 18.2 Å². The maximum Gasteiger partial charge on any atom is 0.250 e. The SMILES string of the molecule is CCCCOc1cccc(CNc2ncnc3c2ncn3[C@@H]2O[C@H](C(=O)NC)[C@@H](N)[C@H]2O)c1. The van der Waals surface area contributed by atoms with Crippen LogP contribution in [0.3, 0.4) is 0 Å². The van der Waals surface area contributed by atoms with E-state index in [9.17, 15) is 9.90 Å². The number of hydrogen-bond donors (Lipinski definition) is 4. The Morgan fingerprint density at radius 1 is 1.33 bits per heavy atom. The number of carbonyl (C=O) groups excluding carboxylic acids is 1. The van der Waals surface area contributed by atoms with Crippen molar-refractivity contribution in [2.75, 3.05) is 19.0 Å². The second-order valence-electron chi connectivity index (χ2n) is 7.88. The van der Waals surface area contributed by atoms with Crippen molar-refractivity contribution in [3.8, 4) is 5.75 Å². The normalized spacial score (nSPS) is 22.4. The smallest absolute Gasteiger partial charge is 0.250 e.